The molecule has 1 saturated heterocycles. The number of hydrogen-bond acceptors (Lipinski definition) is 5. The lowest BCUT2D eigenvalue weighted by molar-refractivity contribution is 0.136. The van der Waals surface area contributed by atoms with Gasteiger partial charge in [-0.3, -0.25) is 9.80 Å². The van der Waals surface area contributed by atoms with E-state index in [2.05, 4.69) is 57.9 Å². The molecule has 1 N–H and O–H groups in total. The van der Waals surface area contributed by atoms with Gasteiger partial charge in [-0.15, -0.1) is 0 Å². The van der Waals surface area contributed by atoms with E-state index >= 15 is 0 Å². The first-order chi connectivity index (χ1) is 15.1. The van der Waals surface area contributed by atoms with E-state index in [0.29, 0.717) is 6.54 Å². The molecule has 1 aliphatic rings. The molecule has 0 spiro atoms. The average Bonchev–Trinajstić information content (AvgIpc) is 3.35. The van der Waals surface area contributed by atoms with Crippen LogP contribution in [0.1, 0.15) is 31.0 Å². The number of nitrogens with zero attached hydrogens (tertiary/aromatic N) is 3. The van der Waals surface area contributed by atoms with Gasteiger partial charge in [0.05, 0.1) is 13.2 Å². The third kappa shape index (κ3) is 6.69. The van der Waals surface area contributed by atoms with E-state index in [1.165, 1.54) is 11.1 Å². The Morgan fingerprint density at radius 1 is 1.13 bits per heavy atom. The lowest BCUT2D eigenvalue weighted by Crippen LogP contribution is -2.53. The van der Waals surface area contributed by atoms with Gasteiger partial charge in [0.1, 0.15) is 5.75 Å². The monoisotopic (exact) mass is 444 g/mol. The highest BCUT2D eigenvalue weighted by Gasteiger charge is 2.23. The lowest BCUT2D eigenvalue weighted by atomic mass is 10.1. The van der Waals surface area contributed by atoms with Gasteiger partial charge in [-0.1, -0.05) is 26.0 Å². The molecule has 3 rings (SSSR count). The van der Waals surface area contributed by atoms with Crippen molar-refractivity contribution in [3.05, 3.63) is 52.2 Å². The van der Waals surface area contributed by atoms with Gasteiger partial charge >= 0.3 is 6.03 Å². The van der Waals surface area contributed by atoms with E-state index in [1.807, 2.05) is 17.0 Å². The van der Waals surface area contributed by atoms with Crippen LogP contribution in [-0.2, 0) is 6.42 Å². The Labute approximate surface area is 190 Å². The van der Waals surface area contributed by atoms with E-state index in [-0.39, 0.29) is 12.1 Å². The zero-order valence-corrected chi connectivity index (χ0v) is 19.9. The maximum atomic E-state index is 12.8. The second-order valence-corrected chi connectivity index (χ2v) is 8.69. The fourth-order valence-corrected chi connectivity index (χ4v) is 4.84. The second-order valence-electron chi connectivity index (χ2n) is 7.91. The largest absolute Gasteiger partial charge is 0.497 e. The molecular formula is C24H36N4O2S. The molecule has 2 aromatic rings. The number of ether oxygens (including phenoxy) is 1. The topological polar surface area (TPSA) is 48.1 Å². The Morgan fingerprint density at radius 2 is 1.84 bits per heavy atom. The Bertz CT molecular complexity index is 769. The van der Waals surface area contributed by atoms with Crippen LogP contribution in [0, 0.1) is 0 Å². The number of nitrogens with one attached hydrogen (secondary N) is 1. The minimum Gasteiger partial charge on any atom is -0.497 e. The smallest absolute Gasteiger partial charge is 0.317 e. The van der Waals surface area contributed by atoms with Crippen molar-refractivity contribution in [2.24, 2.45) is 0 Å². The van der Waals surface area contributed by atoms with Gasteiger partial charge in [-0.25, -0.2) is 4.79 Å². The van der Waals surface area contributed by atoms with Gasteiger partial charge in [0.25, 0.3) is 0 Å². The second kappa shape index (κ2) is 12.1. The van der Waals surface area contributed by atoms with Crippen LogP contribution in [0.5, 0.6) is 5.75 Å². The molecule has 2 amide bonds. The van der Waals surface area contributed by atoms with Crippen LogP contribution >= 0.6 is 11.3 Å². The van der Waals surface area contributed by atoms with E-state index in [4.69, 9.17) is 4.74 Å². The number of carbonyl (C=O) groups is 1. The van der Waals surface area contributed by atoms with E-state index in [9.17, 15) is 4.79 Å². The number of rotatable bonds is 10. The zero-order valence-electron chi connectivity index (χ0n) is 19.0. The van der Waals surface area contributed by atoms with Crippen LogP contribution in [0.15, 0.2) is 41.1 Å². The van der Waals surface area contributed by atoms with Gasteiger partial charge in [0.2, 0.25) is 0 Å². The van der Waals surface area contributed by atoms with Gasteiger partial charge in [-0.2, -0.15) is 11.3 Å². The Kier molecular flexibility index (Phi) is 9.18. The summed E-state index contributed by atoms with van der Waals surface area (Å²) in [5.41, 5.74) is 2.61. The standard InChI is InChI=1S/C24H36N4O2S/c1-4-27(5-2)23(21-11-17-31-19-21)18-25-24(29)28-15-13-26(14-16-28)12-10-20-6-8-22(30-3)9-7-20/h6-9,11,17,19,23H,4-5,10,12-16,18H2,1-3H3,(H,25,29). The summed E-state index contributed by atoms with van der Waals surface area (Å²) in [4.78, 5) is 19.6. The molecule has 1 atom stereocenters. The molecule has 1 unspecified atom stereocenters. The number of hydrogen-bond donors (Lipinski definition) is 1. The normalized spacial score (nSPS) is 15.8. The Hall–Kier alpha value is -2.09. The maximum absolute atomic E-state index is 12.8. The zero-order chi connectivity index (χ0) is 22.1. The first kappa shape index (κ1) is 23.6. The lowest BCUT2D eigenvalue weighted by Gasteiger charge is -2.35. The van der Waals surface area contributed by atoms with Crippen molar-refractivity contribution in [3.63, 3.8) is 0 Å². The predicted molar refractivity (Wildman–Crippen MR) is 128 cm³/mol. The first-order valence-electron chi connectivity index (χ1n) is 11.3. The molecule has 2 heterocycles. The molecule has 1 aliphatic heterocycles. The molecule has 1 aromatic carbocycles. The molecule has 0 saturated carbocycles. The van der Waals surface area contributed by atoms with Crippen LogP contribution in [0.4, 0.5) is 4.79 Å². The molecule has 0 aliphatic carbocycles. The third-order valence-corrected chi connectivity index (χ3v) is 6.86. The highest BCUT2D eigenvalue weighted by Crippen LogP contribution is 2.22. The Morgan fingerprint density at radius 3 is 2.42 bits per heavy atom. The summed E-state index contributed by atoms with van der Waals surface area (Å²) < 4.78 is 5.22. The molecule has 1 fully saturated rings. The third-order valence-electron chi connectivity index (χ3n) is 6.16. The van der Waals surface area contributed by atoms with E-state index < -0.39 is 0 Å². The van der Waals surface area contributed by atoms with Crippen molar-refractivity contribution in [3.8, 4) is 5.75 Å². The summed E-state index contributed by atoms with van der Waals surface area (Å²) in [5.74, 6) is 0.894. The average molecular weight is 445 g/mol. The minimum absolute atomic E-state index is 0.0576. The fourth-order valence-electron chi connectivity index (χ4n) is 4.14. The van der Waals surface area contributed by atoms with Crippen LogP contribution in [0.2, 0.25) is 0 Å². The van der Waals surface area contributed by atoms with Gasteiger partial charge in [-0.05, 0) is 59.6 Å². The molecule has 1 aromatic heterocycles. The van der Waals surface area contributed by atoms with Crippen molar-refractivity contribution in [2.75, 3.05) is 59.5 Å². The SMILES string of the molecule is CCN(CC)C(CNC(=O)N1CCN(CCc2ccc(OC)cc2)CC1)c1ccsc1. The van der Waals surface area contributed by atoms with E-state index in [1.54, 1.807) is 18.4 Å². The quantitative estimate of drug-likeness (QED) is 0.607. The minimum atomic E-state index is 0.0576. The van der Waals surface area contributed by atoms with Crippen molar-refractivity contribution in [2.45, 2.75) is 26.3 Å². The summed E-state index contributed by atoms with van der Waals surface area (Å²) in [6.45, 7) is 11.4. The number of benzene rings is 1. The summed E-state index contributed by atoms with van der Waals surface area (Å²) in [6, 6.07) is 10.7. The summed E-state index contributed by atoms with van der Waals surface area (Å²) >= 11 is 1.71. The number of piperazine rings is 1. The van der Waals surface area contributed by atoms with Crippen LogP contribution in [0.3, 0.4) is 0 Å². The van der Waals surface area contributed by atoms with Crippen LogP contribution < -0.4 is 10.1 Å². The molecule has 0 radical (unpaired) electrons. The number of likely N-dealkylation sites (N-methyl/N-ethyl adjacent to an activating group) is 1. The number of urea groups is 1. The van der Waals surface area contributed by atoms with Crippen molar-refractivity contribution < 1.29 is 9.53 Å². The Balaban J connectivity index is 1.42. The van der Waals surface area contributed by atoms with Crippen molar-refractivity contribution >= 4 is 17.4 Å². The number of carbonyl (C=O) groups excluding carboxylic acids is 1. The van der Waals surface area contributed by atoms with Gasteiger partial charge in [0.15, 0.2) is 0 Å². The maximum Gasteiger partial charge on any atom is 0.317 e. The van der Waals surface area contributed by atoms with Crippen LogP contribution in [0.25, 0.3) is 0 Å². The number of thiophene rings is 1. The van der Waals surface area contributed by atoms with E-state index in [0.717, 1.165) is 58.0 Å². The molecular weight excluding hydrogens is 408 g/mol. The van der Waals surface area contributed by atoms with Crippen molar-refractivity contribution in [1.29, 1.82) is 0 Å². The van der Waals surface area contributed by atoms with Crippen LogP contribution in [-0.4, -0.2) is 80.2 Å². The molecule has 6 nitrogen and oxygen atoms in total. The number of amides is 2. The predicted octanol–water partition coefficient (Wildman–Crippen LogP) is 3.71. The molecule has 170 valence electrons. The molecule has 7 heteroatoms. The first-order valence-corrected chi connectivity index (χ1v) is 12.2. The summed E-state index contributed by atoms with van der Waals surface area (Å²) in [6.07, 6.45) is 1.02. The van der Waals surface area contributed by atoms with Gasteiger partial charge < -0.3 is 15.0 Å². The summed E-state index contributed by atoms with van der Waals surface area (Å²) in [5, 5.41) is 7.49. The fraction of sp³-hybridized carbons (Fsp3) is 0.542. The van der Waals surface area contributed by atoms with Crippen molar-refractivity contribution in [1.82, 2.24) is 20.0 Å². The number of methoxy groups -OCH3 is 1. The summed E-state index contributed by atoms with van der Waals surface area (Å²) in [7, 11) is 1.69. The van der Waals surface area contributed by atoms with Gasteiger partial charge in [0, 0.05) is 39.3 Å². The highest BCUT2D eigenvalue weighted by atomic mass is 32.1. The molecule has 31 heavy (non-hydrogen) atoms. The highest BCUT2D eigenvalue weighted by molar-refractivity contribution is 7.07. The molecule has 0 bridgehead atoms.